The highest BCUT2D eigenvalue weighted by Gasteiger charge is 2.46. The highest BCUT2D eigenvalue weighted by molar-refractivity contribution is 7.13. The Hall–Kier alpha value is -2.62. The van der Waals surface area contributed by atoms with Gasteiger partial charge in [-0.3, -0.25) is 4.79 Å². The van der Waals surface area contributed by atoms with Crippen LogP contribution in [0.4, 0.5) is 13.2 Å². The lowest BCUT2D eigenvalue weighted by Crippen LogP contribution is -2.28. The van der Waals surface area contributed by atoms with Gasteiger partial charge in [-0.2, -0.15) is 13.2 Å². The molecule has 0 saturated heterocycles. The molecule has 1 amide bonds. The van der Waals surface area contributed by atoms with Crippen LogP contribution in [-0.4, -0.2) is 33.6 Å². The summed E-state index contributed by atoms with van der Waals surface area (Å²) in [4.78, 5) is 24.7. The Bertz CT molecular complexity index is 967. The maximum atomic E-state index is 12.5. The molecule has 1 aromatic carbocycles. The highest BCUT2D eigenvalue weighted by atomic mass is 32.1. The number of para-hydroxylation sites is 2. The minimum absolute atomic E-state index is 0.0479. The molecule has 0 bridgehead atoms. The van der Waals surface area contributed by atoms with E-state index in [-0.39, 0.29) is 29.0 Å². The molecule has 1 unspecified atom stereocenters. The van der Waals surface area contributed by atoms with Crippen molar-refractivity contribution in [2.24, 2.45) is 5.92 Å². The van der Waals surface area contributed by atoms with Crippen LogP contribution in [0.3, 0.4) is 0 Å². The van der Waals surface area contributed by atoms with Gasteiger partial charge in [0.1, 0.15) is 5.82 Å². The van der Waals surface area contributed by atoms with Crippen LogP contribution in [0.25, 0.3) is 11.0 Å². The number of halogens is 3. The second-order valence-electron chi connectivity index (χ2n) is 6.75. The fraction of sp³-hybridized carbons (Fsp3) is 0.389. The van der Waals surface area contributed by atoms with E-state index in [2.05, 4.69) is 25.0 Å². The minimum Gasteiger partial charge on any atom is -0.460 e. The molecule has 1 fully saturated rings. The number of hydrogen-bond donors (Lipinski definition) is 2. The first-order chi connectivity index (χ1) is 13.3. The smallest absolute Gasteiger partial charge is 0.422 e. The molecule has 0 aliphatic heterocycles. The fourth-order valence-electron chi connectivity index (χ4n) is 3.01. The number of ether oxygens (including phenoxy) is 1. The van der Waals surface area contributed by atoms with E-state index in [0.29, 0.717) is 11.3 Å². The molecule has 2 aromatic heterocycles. The monoisotopic (exact) mass is 410 g/mol. The Morgan fingerprint density at radius 1 is 1.43 bits per heavy atom. The van der Waals surface area contributed by atoms with Crippen LogP contribution in [-0.2, 0) is 4.79 Å². The SMILES string of the molecule is CC(NC(=O)[C@H]1C[C@@H]1c1nc2ccccc2[nH]1)c1cnc(OCC(F)(F)F)s1. The minimum atomic E-state index is -4.41. The molecule has 6 nitrogen and oxygen atoms in total. The summed E-state index contributed by atoms with van der Waals surface area (Å²) in [6.45, 7) is 0.374. The van der Waals surface area contributed by atoms with Gasteiger partial charge < -0.3 is 15.0 Å². The van der Waals surface area contributed by atoms with Crippen LogP contribution >= 0.6 is 11.3 Å². The third-order valence-corrected chi connectivity index (χ3v) is 5.63. The van der Waals surface area contributed by atoms with E-state index >= 15 is 0 Å². The molecular formula is C18H17F3N4O2S. The van der Waals surface area contributed by atoms with Gasteiger partial charge in [0, 0.05) is 18.0 Å². The first-order valence-corrected chi connectivity index (χ1v) is 9.52. The van der Waals surface area contributed by atoms with Gasteiger partial charge >= 0.3 is 6.18 Å². The van der Waals surface area contributed by atoms with E-state index in [1.807, 2.05) is 24.3 Å². The zero-order valence-corrected chi connectivity index (χ0v) is 15.6. The summed E-state index contributed by atoms with van der Waals surface area (Å²) in [5, 5.41) is 2.82. The average Bonchev–Trinajstić information content (AvgIpc) is 3.11. The normalized spacial score (nSPS) is 20.1. The number of H-pyrrole nitrogens is 1. The number of nitrogens with one attached hydrogen (secondary N) is 2. The number of benzene rings is 1. The Kier molecular flexibility index (Phi) is 4.74. The summed E-state index contributed by atoms with van der Waals surface area (Å²) in [5.74, 6) is 0.572. The second kappa shape index (κ2) is 7.08. The quantitative estimate of drug-likeness (QED) is 0.645. The topological polar surface area (TPSA) is 79.9 Å². The predicted octanol–water partition coefficient (Wildman–Crippen LogP) is 3.94. The largest absolute Gasteiger partial charge is 0.460 e. The van der Waals surface area contributed by atoms with E-state index < -0.39 is 12.8 Å². The van der Waals surface area contributed by atoms with Crippen molar-refractivity contribution in [3.8, 4) is 5.19 Å². The molecule has 3 aromatic rings. The van der Waals surface area contributed by atoms with Gasteiger partial charge in [-0.15, -0.1) is 0 Å². The van der Waals surface area contributed by atoms with Crippen LogP contribution in [0.15, 0.2) is 30.5 Å². The molecule has 2 heterocycles. The summed E-state index contributed by atoms with van der Waals surface area (Å²) >= 11 is 0.989. The van der Waals surface area contributed by atoms with Gasteiger partial charge in [-0.05, 0) is 25.5 Å². The Morgan fingerprint density at radius 3 is 2.96 bits per heavy atom. The lowest BCUT2D eigenvalue weighted by molar-refractivity contribution is -0.153. The van der Waals surface area contributed by atoms with Crippen LogP contribution in [0.5, 0.6) is 5.19 Å². The molecule has 148 valence electrons. The van der Waals surface area contributed by atoms with E-state index in [1.165, 1.54) is 6.20 Å². The Morgan fingerprint density at radius 2 is 2.21 bits per heavy atom. The Labute approximate surface area is 162 Å². The van der Waals surface area contributed by atoms with Crippen molar-refractivity contribution in [1.29, 1.82) is 0 Å². The van der Waals surface area contributed by atoms with Crippen molar-refractivity contribution >= 4 is 28.3 Å². The van der Waals surface area contributed by atoms with Gasteiger partial charge in [0.15, 0.2) is 6.61 Å². The number of imidazole rings is 1. The number of thiazole rings is 1. The van der Waals surface area contributed by atoms with Crippen molar-refractivity contribution in [2.75, 3.05) is 6.61 Å². The molecular weight excluding hydrogens is 393 g/mol. The molecule has 10 heteroatoms. The molecule has 1 aliphatic rings. The second-order valence-corrected chi connectivity index (χ2v) is 7.78. The first-order valence-electron chi connectivity index (χ1n) is 8.70. The molecule has 0 radical (unpaired) electrons. The van der Waals surface area contributed by atoms with Crippen molar-refractivity contribution in [2.45, 2.75) is 31.5 Å². The first kappa shape index (κ1) is 18.7. The standard InChI is InChI=1S/C18H17F3N4O2S/c1-9(14-7-22-17(28-14)27-8-18(19,20)21)23-16(26)11-6-10(11)15-24-12-4-2-3-5-13(12)25-15/h2-5,7,9-11H,6,8H2,1H3,(H,23,26)(H,24,25)/t9?,10-,11-/m0/s1. The maximum Gasteiger partial charge on any atom is 0.422 e. The van der Waals surface area contributed by atoms with E-state index in [0.717, 1.165) is 28.2 Å². The van der Waals surface area contributed by atoms with Crippen LogP contribution in [0, 0.1) is 5.92 Å². The zero-order valence-electron chi connectivity index (χ0n) is 14.8. The van der Waals surface area contributed by atoms with Crippen molar-refractivity contribution in [3.05, 3.63) is 41.2 Å². The molecule has 28 heavy (non-hydrogen) atoms. The number of aromatic amines is 1. The number of nitrogens with zero attached hydrogens (tertiary/aromatic N) is 2. The van der Waals surface area contributed by atoms with Crippen LogP contribution < -0.4 is 10.1 Å². The van der Waals surface area contributed by atoms with Gasteiger partial charge in [0.25, 0.3) is 5.19 Å². The number of amides is 1. The lowest BCUT2D eigenvalue weighted by Gasteiger charge is -2.11. The summed E-state index contributed by atoms with van der Waals surface area (Å²) in [6.07, 6.45) is -2.28. The highest BCUT2D eigenvalue weighted by Crippen LogP contribution is 2.47. The van der Waals surface area contributed by atoms with Gasteiger partial charge in [0.2, 0.25) is 5.91 Å². The summed E-state index contributed by atoms with van der Waals surface area (Å²) in [5.41, 5.74) is 1.81. The number of carbonyl (C=O) groups excluding carboxylic acids is 1. The number of rotatable bonds is 6. The van der Waals surface area contributed by atoms with E-state index in [1.54, 1.807) is 6.92 Å². The predicted molar refractivity (Wildman–Crippen MR) is 97.2 cm³/mol. The molecule has 2 N–H and O–H groups in total. The third-order valence-electron chi connectivity index (χ3n) is 4.53. The number of hydrogen-bond acceptors (Lipinski definition) is 5. The fourth-order valence-corrected chi connectivity index (χ4v) is 3.77. The Balaban J connectivity index is 1.33. The molecule has 1 aliphatic carbocycles. The maximum absolute atomic E-state index is 12.5. The molecule has 3 atom stereocenters. The van der Waals surface area contributed by atoms with Gasteiger partial charge in [-0.25, -0.2) is 9.97 Å². The van der Waals surface area contributed by atoms with E-state index in [9.17, 15) is 18.0 Å². The summed E-state index contributed by atoms with van der Waals surface area (Å²) in [6, 6.07) is 7.31. The van der Waals surface area contributed by atoms with Gasteiger partial charge in [-0.1, -0.05) is 23.5 Å². The van der Waals surface area contributed by atoms with Gasteiger partial charge in [0.05, 0.1) is 22.0 Å². The van der Waals surface area contributed by atoms with Crippen LogP contribution in [0.2, 0.25) is 0 Å². The van der Waals surface area contributed by atoms with Crippen molar-refractivity contribution < 1.29 is 22.7 Å². The van der Waals surface area contributed by atoms with Crippen LogP contribution in [0.1, 0.15) is 36.0 Å². The van der Waals surface area contributed by atoms with Crippen molar-refractivity contribution in [1.82, 2.24) is 20.3 Å². The third kappa shape index (κ3) is 4.11. The summed E-state index contributed by atoms with van der Waals surface area (Å²) in [7, 11) is 0. The number of fused-ring (bicyclic) bond motifs is 1. The average molecular weight is 410 g/mol. The molecule has 0 spiro atoms. The number of carbonyl (C=O) groups is 1. The van der Waals surface area contributed by atoms with E-state index in [4.69, 9.17) is 0 Å². The number of aromatic nitrogens is 3. The molecule has 1 saturated carbocycles. The zero-order chi connectivity index (χ0) is 19.9. The number of alkyl halides is 3. The molecule has 4 rings (SSSR count). The van der Waals surface area contributed by atoms with Crippen molar-refractivity contribution in [3.63, 3.8) is 0 Å². The summed E-state index contributed by atoms with van der Waals surface area (Å²) < 4.78 is 41.2. The lowest BCUT2D eigenvalue weighted by atomic mass is 10.2.